The third-order valence-corrected chi connectivity index (χ3v) is 3.71. The summed E-state index contributed by atoms with van der Waals surface area (Å²) in [6, 6.07) is 1.51. The van der Waals surface area contributed by atoms with Crippen molar-refractivity contribution in [3.05, 3.63) is 18.0 Å². The van der Waals surface area contributed by atoms with E-state index in [0.29, 0.717) is 19.4 Å². The van der Waals surface area contributed by atoms with Crippen molar-refractivity contribution in [1.29, 1.82) is 0 Å². The minimum absolute atomic E-state index is 0.0589. The third-order valence-electron chi connectivity index (χ3n) is 3.71. The van der Waals surface area contributed by atoms with Gasteiger partial charge in [0, 0.05) is 19.3 Å². The number of nitrogens with zero attached hydrogens (tertiary/aromatic N) is 2. The molecule has 1 aliphatic carbocycles. The Labute approximate surface area is 117 Å². The molecule has 2 rings (SSSR count). The van der Waals surface area contributed by atoms with Gasteiger partial charge in [-0.15, -0.1) is 0 Å². The van der Waals surface area contributed by atoms with Crippen molar-refractivity contribution in [2.24, 2.45) is 13.0 Å². The number of hydrogen-bond acceptors (Lipinski definition) is 3. The van der Waals surface area contributed by atoms with E-state index in [9.17, 15) is 9.59 Å². The monoisotopic (exact) mass is 280 g/mol. The quantitative estimate of drug-likeness (QED) is 0.762. The van der Waals surface area contributed by atoms with E-state index in [1.54, 1.807) is 10.9 Å². The molecule has 1 fully saturated rings. The molecule has 0 aliphatic heterocycles. The van der Waals surface area contributed by atoms with Gasteiger partial charge in [0.2, 0.25) is 0 Å². The van der Waals surface area contributed by atoms with Gasteiger partial charge in [0.1, 0.15) is 0 Å². The lowest BCUT2D eigenvalue weighted by Crippen LogP contribution is -2.44. The van der Waals surface area contributed by atoms with Crippen molar-refractivity contribution >= 4 is 12.0 Å². The minimum Gasteiger partial charge on any atom is -0.481 e. The number of rotatable bonds is 4. The summed E-state index contributed by atoms with van der Waals surface area (Å²) < 4.78 is 1.70. The summed E-state index contributed by atoms with van der Waals surface area (Å²) in [4.78, 5) is 22.8. The van der Waals surface area contributed by atoms with Gasteiger partial charge in [-0.1, -0.05) is 6.42 Å². The van der Waals surface area contributed by atoms with Crippen molar-refractivity contribution in [1.82, 2.24) is 20.4 Å². The second-order valence-corrected chi connectivity index (χ2v) is 5.17. The SMILES string of the molecule is Cn1nccc1CNC(=O)NC1CCCC(C(=O)O)C1. The summed E-state index contributed by atoms with van der Waals surface area (Å²) in [6.45, 7) is 0.400. The number of carbonyl (C=O) groups excluding carboxylic acids is 1. The number of aliphatic carboxylic acids is 1. The third kappa shape index (κ3) is 3.72. The summed E-state index contributed by atoms with van der Waals surface area (Å²) in [6.07, 6.45) is 4.55. The molecule has 7 heteroatoms. The van der Waals surface area contributed by atoms with Gasteiger partial charge in [-0.25, -0.2) is 4.79 Å². The number of aromatic nitrogens is 2. The van der Waals surface area contributed by atoms with Crippen molar-refractivity contribution < 1.29 is 14.7 Å². The van der Waals surface area contributed by atoms with Gasteiger partial charge in [-0.05, 0) is 25.3 Å². The smallest absolute Gasteiger partial charge is 0.315 e. The summed E-state index contributed by atoms with van der Waals surface area (Å²) >= 11 is 0. The zero-order valence-electron chi connectivity index (χ0n) is 11.5. The van der Waals surface area contributed by atoms with Gasteiger partial charge in [-0.3, -0.25) is 9.48 Å². The van der Waals surface area contributed by atoms with Crippen LogP contribution < -0.4 is 10.6 Å². The normalized spacial score (nSPS) is 22.2. The molecule has 0 radical (unpaired) electrons. The van der Waals surface area contributed by atoms with Gasteiger partial charge in [-0.2, -0.15) is 5.10 Å². The van der Waals surface area contributed by atoms with Gasteiger partial charge < -0.3 is 15.7 Å². The van der Waals surface area contributed by atoms with Crippen LogP contribution in [0.3, 0.4) is 0 Å². The Bertz CT molecular complexity index is 486. The van der Waals surface area contributed by atoms with Crippen molar-refractivity contribution in [2.45, 2.75) is 38.3 Å². The highest BCUT2D eigenvalue weighted by Gasteiger charge is 2.27. The molecule has 20 heavy (non-hydrogen) atoms. The van der Waals surface area contributed by atoms with Crippen LogP contribution in [0.25, 0.3) is 0 Å². The highest BCUT2D eigenvalue weighted by Crippen LogP contribution is 2.24. The van der Waals surface area contributed by atoms with Crippen molar-refractivity contribution in [2.75, 3.05) is 0 Å². The molecule has 1 aromatic heterocycles. The van der Waals surface area contributed by atoms with E-state index in [2.05, 4.69) is 15.7 Å². The van der Waals surface area contributed by atoms with E-state index in [0.717, 1.165) is 18.5 Å². The maximum absolute atomic E-state index is 11.8. The van der Waals surface area contributed by atoms with E-state index in [-0.39, 0.29) is 18.0 Å². The van der Waals surface area contributed by atoms with Gasteiger partial charge in [0.25, 0.3) is 0 Å². The minimum atomic E-state index is -0.771. The van der Waals surface area contributed by atoms with Gasteiger partial charge in [0.05, 0.1) is 18.2 Å². The molecule has 0 bridgehead atoms. The number of carboxylic acid groups (broad SMARTS) is 1. The van der Waals surface area contributed by atoms with Crippen LogP contribution in [0.4, 0.5) is 4.79 Å². The van der Waals surface area contributed by atoms with E-state index < -0.39 is 5.97 Å². The molecular weight excluding hydrogens is 260 g/mol. The Morgan fingerprint density at radius 1 is 1.50 bits per heavy atom. The molecule has 7 nitrogen and oxygen atoms in total. The zero-order valence-corrected chi connectivity index (χ0v) is 11.5. The highest BCUT2D eigenvalue weighted by atomic mass is 16.4. The average Bonchev–Trinajstić information content (AvgIpc) is 2.82. The van der Waals surface area contributed by atoms with Gasteiger partial charge >= 0.3 is 12.0 Å². The van der Waals surface area contributed by atoms with Crippen LogP contribution in [0, 0.1) is 5.92 Å². The van der Waals surface area contributed by atoms with Crippen molar-refractivity contribution in [3.63, 3.8) is 0 Å². The fraction of sp³-hybridized carbons (Fsp3) is 0.615. The zero-order chi connectivity index (χ0) is 14.5. The molecule has 2 amide bonds. The average molecular weight is 280 g/mol. The first-order valence-corrected chi connectivity index (χ1v) is 6.80. The maximum atomic E-state index is 11.8. The lowest BCUT2D eigenvalue weighted by atomic mass is 9.86. The Morgan fingerprint density at radius 3 is 2.95 bits per heavy atom. The number of carboxylic acids is 1. The second kappa shape index (κ2) is 6.40. The Hall–Kier alpha value is -2.05. The largest absolute Gasteiger partial charge is 0.481 e. The van der Waals surface area contributed by atoms with Crippen LogP contribution in [-0.2, 0) is 18.4 Å². The standard InChI is InChI=1S/C13H20N4O3/c1-17-11(5-6-15-17)8-14-13(20)16-10-4-2-3-9(7-10)12(18)19/h5-6,9-10H,2-4,7-8H2,1H3,(H,18,19)(H2,14,16,20). The Balaban J connectivity index is 1.76. The molecule has 1 aliphatic rings. The molecule has 2 atom stereocenters. The topological polar surface area (TPSA) is 96.3 Å². The number of amides is 2. The predicted octanol–water partition coefficient (Wildman–Crippen LogP) is 0.863. The van der Waals surface area contributed by atoms with Crippen LogP contribution >= 0.6 is 0 Å². The molecule has 1 heterocycles. The molecule has 1 aromatic rings. The molecule has 3 N–H and O–H groups in total. The Morgan fingerprint density at radius 2 is 2.30 bits per heavy atom. The molecule has 0 saturated heterocycles. The van der Waals surface area contributed by atoms with Crippen LogP contribution in [0.15, 0.2) is 12.3 Å². The summed E-state index contributed by atoms with van der Waals surface area (Å²) in [5, 5.41) is 18.6. The van der Waals surface area contributed by atoms with E-state index in [1.807, 2.05) is 13.1 Å². The number of hydrogen-bond donors (Lipinski definition) is 3. The van der Waals surface area contributed by atoms with Crippen LogP contribution in [-0.4, -0.2) is 32.9 Å². The number of carbonyl (C=O) groups is 2. The van der Waals surface area contributed by atoms with Gasteiger partial charge in [0.15, 0.2) is 0 Å². The van der Waals surface area contributed by atoms with E-state index in [1.165, 1.54) is 0 Å². The number of urea groups is 1. The summed E-state index contributed by atoms with van der Waals surface area (Å²) in [5.41, 5.74) is 0.909. The fourth-order valence-electron chi connectivity index (χ4n) is 2.53. The fourth-order valence-corrected chi connectivity index (χ4v) is 2.53. The maximum Gasteiger partial charge on any atom is 0.315 e. The number of aryl methyl sites for hydroxylation is 1. The molecule has 2 unspecified atom stereocenters. The highest BCUT2D eigenvalue weighted by molar-refractivity contribution is 5.74. The first-order valence-electron chi connectivity index (χ1n) is 6.80. The lowest BCUT2D eigenvalue weighted by Gasteiger charge is -2.27. The number of nitrogens with one attached hydrogen (secondary N) is 2. The van der Waals surface area contributed by atoms with Crippen LogP contribution in [0.5, 0.6) is 0 Å². The summed E-state index contributed by atoms with van der Waals surface area (Å²) in [5.74, 6) is -1.11. The molecule has 110 valence electrons. The van der Waals surface area contributed by atoms with E-state index >= 15 is 0 Å². The first kappa shape index (κ1) is 14.4. The van der Waals surface area contributed by atoms with Crippen LogP contribution in [0.2, 0.25) is 0 Å². The second-order valence-electron chi connectivity index (χ2n) is 5.17. The lowest BCUT2D eigenvalue weighted by molar-refractivity contribution is -0.143. The molecule has 1 saturated carbocycles. The van der Waals surface area contributed by atoms with Crippen molar-refractivity contribution in [3.8, 4) is 0 Å². The first-order chi connectivity index (χ1) is 9.56. The predicted molar refractivity (Wildman–Crippen MR) is 72.0 cm³/mol. The van der Waals surface area contributed by atoms with Crippen LogP contribution in [0.1, 0.15) is 31.4 Å². The summed E-state index contributed by atoms with van der Waals surface area (Å²) in [7, 11) is 1.81. The Kier molecular flexibility index (Phi) is 4.60. The molecule has 0 spiro atoms. The molecular formula is C13H20N4O3. The molecule has 0 aromatic carbocycles. The van der Waals surface area contributed by atoms with E-state index in [4.69, 9.17) is 5.11 Å².